The van der Waals surface area contributed by atoms with Crippen LogP contribution in [0.2, 0.25) is 0 Å². The summed E-state index contributed by atoms with van der Waals surface area (Å²) in [5.74, 6) is 9.20. The first-order valence-electron chi connectivity index (χ1n) is 41.2. The van der Waals surface area contributed by atoms with Gasteiger partial charge in [-0.25, -0.2) is 0 Å². The summed E-state index contributed by atoms with van der Waals surface area (Å²) >= 11 is 0. The number of aliphatic hydroxyl groups excluding tert-OH is 1. The molecule has 0 radical (unpaired) electrons. The molecule has 0 bridgehead atoms. The van der Waals surface area contributed by atoms with E-state index in [4.69, 9.17) is 56.0 Å². The third-order valence-electron chi connectivity index (χ3n) is 19.4. The molecule has 0 unspecified atom stereocenters. The predicted molar refractivity (Wildman–Crippen MR) is 456 cm³/mol. The summed E-state index contributed by atoms with van der Waals surface area (Å²) in [6.07, 6.45) is 11.6. The van der Waals surface area contributed by atoms with Gasteiger partial charge in [-0.3, -0.25) is 14.8 Å². The van der Waals surface area contributed by atoms with Crippen molar-refractivity contribution in [1.82, 2.24) is 70.6 Å². The zero-order valence-corrected chi connectivity index (χ0v) is 70.1. The van der Waals surface area contributed by atoms with E-state index in [0.717, 1.165) is 132 Å². The topological polar surface area (TPSA) is 327 Å². The molecule has 1 aliphatic rings. The van der Waals surface area contributed by atoms with Crippen LogP contribution >= 0.6 is 0 Å². The van der Waals surface area contributed by atoms with Gasteiger partial charge in [-0.1, -0.05) is 66.5 Å². The summed E-state index contributed by atoms with van der Waals surface area (Å²) in [7, 11) is 0. The molecule has 6 aromatic carbocycles. The molecule has 0 spiro atoms. The van der Waals surface area contributed by atoms with Gasteiger partial charge in [-0.15, -0.1) is 0 Å². The number of benzene rings is 6. The van der Waals surface area contributed by atoms with E-state index in [9.17, 15) is 9.90 Å². The van der Waals surface area contributed by atoms with E-state index in [0.29, 0.717) is 170 Å². The summed E-state index contributed by atoms with van der Waals surface area (Å²) in [4.78, 5) is 47.0. The molecule has 14 rings (SSSR count). The zero-order chi connectivity index (χ0) is 83.8. The minimum absolute atomic E-state index is 0.0951. The lowest BCUT2D eigenvalue weighted by atomic mass is 10.0. The number of rotatable bonds is 39. The Kier molecular flexibility index (Phi) is 32.9. The molecule has 28 nitrogen and oxygen atoms in total. The number of fused-ring (bicyclic) bond motifs is 2. The second-order valence-corrected chi connectivity index (χ2v) is 27.1. The Hall–Kier alpha value is -12.4. The molecule has 0 amide bonds. The fourth-order valence-electron chi connectivity index (χ4n) is 13.4. The number of hydrogen-bond donors (Lipinski definition) is 3. The Morgan fingerprint density at radius 1 is 0.437 bits per heavy atom. The van der Waals surface area contributed by atoms with Crippen LogP contribution in [0.25, 0.3) is 102 Å². The van der Waals surface area contributed by atoms with Crippen LogP contribution in [-0.2, 0) is 26.0 Å². The van der Waals surface area contributed by atoms with Crippen LogP contribution in [0.5, 0.6) is 46.0 Å². The number of ketones is 1. The van der Waals surface area contributed by atoms with E-state index < -0.39 is 0 Å². The Morgan fingerprint density at radius 2 is 0.874 bits per heavy atom. The van der Waals surface area contributed by atoms with Gasteiger partial charge in [-0.05, 0) is 240 Å². The number of aromatic amines is 1. The number of ether oxygens (including phenoxy) is 8. The molecule has 13 aromatic rings. The van der Waals surface area contributed by atoms with Crippen molar-refractivity contribution in [2.24, 2.45) is 0 Å². The van der Waals surface area contributed by atoms with E-state index in [1.54, 1.807) is 18.5 Å². The molecule has 3 N–H and O–H groups in total. The van der Waals surface area contributed by atoms with Gasteiger partial charge in [0, 0.05) is 118 Å². The average Bonchev–Trinajstić information content (AvgIpc) is 1.67. The highest BCUT2D eigenvalue weighted by molar-refractivity contribution is 6.02. The van der Waals surface area contributed by atoms with Crippen molar-refractivity contribution in [2.75, 3.05) is 98.7 Å². The number of Topliss-reactive ketones (excluding diaryl/α,β-unsaturated/α-hetero) is 1. The first kappa shape index (κ1) is 87.5. The van der Waals surface area contributed by atoms with Crippen LogP contribution in [0.1, 0.15) is 135 Å². The molecule has 0 aliphatic heterocycles. The molecule has 626 valence electrons. The van der Waals surface area contributed by atoms with E-state index in [2.05, 4.69) is 123 Å². The summed E-state index contributed by atoms with van der Waals surface area (Å²) in [5.41, 5.74) is 12.2. The number of hydrogen-bond acceptors (Lipinski definition) is 27. The molecule has 119 heavy (non-hydrogen) atoms. The highest BCUT2D eigenvalue weighted by Gasteiger charge is 2.26. The minimum Gasteiger partial charge on any atom is -0.490 e. The number of aryl methyl sites for hydroxylation is 1. The minimum atomic E-state index is -0.0951. The van der Waals surface area contributed by atoms with Gasteiger partial charge in [0.15, 0.2) is 51.8 Å². The lowest BCUT2D eigenvalue weighted by molar-refractivity contribution is 0.0994. The van der Waals surface area contributed by atoms with Crippen molar-refractivity contribution in [2.45, 2.75) is 128 Å². The fourth-order valence-corrected chi connectivity index (χ4v) is 13.4. The van der Waals surface area contributed by atoms with Crippen LogP contribution in [-0.4, -0.2) is 175 Å². The highest BCUT2D eigenvalue weighted by Crippen LogP contribution is 2.39. The van der Waals surface area contributed by atoms with Crippen LogP contribution in [0.15, 0.2) is 170 Å². The third kappa shape index (κ3) is 23.3. The van der Waals surface area contributed by atoms with Gasteiger partial charge in [0.2, 0.25) is 23.3 Å². The van der Waals surface area contributed by atoms with Crippen molar-refractivity contribution >= 4 is 16.7 Å². The molecule has 1 aliphatic carbocycles. The number of carbonyl (C=O) groups is 1. The molecular formula is C91H108N14O14. The van der Waals surface area contributed by atoms with Crippen molar-refractivity contribution in [3.8, 4) is 137 Å². The summed E-state index contributed by atoms with van der Waals surface area (Å²) in [6, 6.07) is 39.9. The number of aliphatic hydroxyl groups is 1. The summed E-state index contributed by atoms with van der Waals surface area (Å²) < 4.78 is 67.2. The number of nitrogens with one attached hydrogen (secondary N) is 2. The van der Waals surface area contributed by atoms with Gasteiger partial charge in [0.05, 0.1) is 59.5 Å². The monoisotopic (exact) mass is 1620 g/mol. The Bertz CT molecular complexity index is 5340. The summed E-state index contributed by atoms with van der Waals surface area (Å²) in [6.45, 7) is 36.9. The number of unbranched alkanes of at least 4 members (excludes halogenated alkanes) is 1. The van der Waals surface area contributed by atoms with Crippen molar-refractivity contribution in [1.29, 1.82) is 0 Å². The molecule has 0 saturated carbocycles. The van der Waals surface area contributed by atoms with Crippen molar-refractivity contribution < 1.29 is 65.9 Å². The lowest BCUT2D eigenvalue weighted by Gasteiger charge is -2.17. The number of H-pyrrole nitrogens is 1. The zero-order valence-electron chi connectivity index (χ0n) is 70.1. The van der Waals surface area contributed by atoms with E-state index in [1.165, 1.54) is 12.0 Å². The maximum absolute atomic E-state index is 12.0. The van der Waals surface area contributed by atoms with Gasteiger partial charge < -0.3 is 81.2 Å². The number of aromatic nitrogens is 11. The van der Waals surface area contributed by atoms with Gasteiger partial charge in [-0.2, -0.15) is 19.9 Å². The number of nitrogens with zero attached hydrogens (tertiary/aromatic N) is 12. The van der Waals surface area contributed by atoms with E-state index in [1.807, 2.05) is 165 Å². The normalized spacial score (nSPS) is 11.5. The second kappa shape index (κ2) is 44.8. The molecule has 7 aromatic heterocycles. The standard InChI is InChI=1S/C27H35N5O3.C25H34N4O3.C21H20N2O4.C18H19N3O4/c1-5-32(6-2)14-13-28-17-21-18-29-23-11-9-19(15-22(21)23)26-30-27(35-31-26)20-10-12-24(33-7-3)25(16-20)34-8-4;1-5-29(6-2)16-10-9-11-21-17-19(14-15-26-21)24-27-25(32-28-24)20-12-13-22(30-7-3)23(18-20)31-8-4;1-3-25-18-11-8-13(12-19(18)26-4-2)21-22-20(23-27-21)16-7-5-6-15-14(16)9-10-17(15)24;1-3-23-15-6-5-13(8-16(15)24-4-2)18-20-17(21-25-18)14-7-12(11-22)9-19-10-14/h9-12,15-16,18,28-29H,5-8,13-14,17H2,1-4H3;12-15,17-18H,5-11,16H2,1-4H3;5-8,11-12H,3-4,9-10H2,1-2H3;5-10,22H,3-4,11H2,1-2H3. The molecule has 7 heterocycles. The Morgan fingerprint density at radius 3 is 1.35 bits per heavy atom. The first-order valence-corrected chi connectivity index (χ1v) is 41.2. The molecule has 28 heteroatoms. The second-order valence-electron chi connectivity index (χ2n) is 27.1. The van der Waals surface area contributed by atoms with Gasteiger partial charge in [0.25, 0.3) is 23.6 Å². The summed E-state index contributed by atoms with van der Waals surface area (Å²) in [5, 5.41) is 30.5. The first-order chi connectivity index (χ1) is 58.3. The maximum atomic E-state index is 12.0. The van der Waals surface area contributed by atoms with E-state index in [-0.39, 0.29) is 12.4 Å². The quantitative estimate of drug-likeness (QED) is 0.0301. The third-order valence-corrected chi connectivity index (χ3v) is 19.4. The van der Waals surface area contributed by atoms with Crippen LogP contribution in [0, 0.1) is 0 Å². The number of carbonyl (C=O) groups excluding carboxylic acids is 1. The Balaban J connectivity index is 0.000000157. The molecule has 0 fully saturated rings. The van der Waals surface area contributed by atoms with E-state index >= 15 is 0 Å². The maximum Gasteiger partial charge on any atom is 0.258 e. The smallest absolute Gasteiger partial charge is 0.258 e. The average molecular weight is 1620 g/mol. The molecule has 0 atom stereocenters. The van der Waals surface area contributed by atoms with Crippen molar-refractivity contribution in [3.05, 3.63) is 180 Å². The van der Waals surface area contributed by atoms with Crippen molar-refractivity contribution in [3.63, 3.8) is 0 Å². The van der Waals surface area contributed by atoms with Crippen LogP contribution < -0.4 is 43.2 Å². The largest absolute Gasteiger partial charge is 0.490 e. The van der Waals surface area contributed by atoms with Gasteiger partial charge in [0.1, 0.15) is 0 Å². The number of likely N-dealkylation sites (N-methyl/N-ethyl adjacent to an activating group) is 1. The fraction of sp³-hybridized carbons (Fsp3) is 0.374. The lowest BCUT2D eigenvalue weighted by Crippen LogP contribution is -2.31. The SMILES string of the molecule is CCOc1ccc(-c2nc(-c3ccc4[nH]cc(CNCCN(CC)CC)c4c3)no2)cc1OCC.CCOc1ccc(-c2nc(-c3cccc4c3CCC4=O)no2)cc1OCC.CCOc1ccc(-c2nc(-c3ccnc(CCCCN(CC)CC)c3)no2)cc1OCC.CCOc1ccc(-c2nc(-c3cncc(CO)c3)no2)cc1OCC. The predicted octanol–water partition coefficient (Wildman–Crippen LogP) is 17.8. The highest BCUT2D eigenvalue weighted by atomic mass is 16.5. The Labute approximate surface area is 694 Å². The molecular weight excluding hydrogens is 1510 g/mol. The molecule has 0 saturated heterocycles. The van der Waals surface area contributed by atoms with Crippen LogP contribution in [0.4, 0.5) is 0 Å². The van der Waals surface area contributed by atoms with Gasteiger partial charge >= 0.3 is 0 Å². The number of pyridine rings is 2. The van der Waals surface area contributed by atoms with Crippen LogP contribution in [0.3, 0.4) is 0 Å².